The van der Waals surface area contributed by atoms with Gasteiger partial charge in [-0.05, 0) is 29.8 Å². The van der Waals surface area contributed by atoms with Crippen LogP contribution in [0.1, 0.15) is 16.7 Å². The standard InChI is InChI=1S/C20H19NO5/c1-23-17-10-14(11-18(24-2)20(17)25-3)8-9-19(22)26-13-16-7-5-4-6-15(16)12-21/h4-11H,13H2,1-3H3. The lowest BCUT2D eigenvalue weighted by molar-refractivity contribution is -0.138. The minimum Gasteiger partial charge on any atom is -0.493 e. The zero-order chi connectivity index (χ0) is 18.9. The maximum absolute atomic E-state index is 11.9. The lowest BCUT2D eigenvalue weighted by Gasteiger charge is -2.12. The molecule has 2 aromatic carbocycles. The topological polar surface area (TPSA) is 77.8 Å². The number of nitriles is 1. The second-order valence-electron chi connectivity index (χ2n) is 5.17. The Kier molecular flexibility index (Phi) is 6.63. The molecule has 6 nitrogen and oxygen atoms in total. The molecule has 0 radical (unpaired) electrons. The van der Waals surface area contributed by atoms with Gasteiger partial charge in [-0.2, -0.15) is 5.26 Å². The monoisotopic (exact) mass is 353 g/mol. The molecular weight excluding hydrogens is 334 g/mol. The second-order valence-corrected chi connectivity index (χ2v) is 5.17. The number of methoxy groups -OCH3 is 3. The molecule has 0 atom stereocenters. The molecule has 26 heavy (non-hydrogen) atoms. The smallest absolute Gasteiger partial charge is 0.331 e. The van der Waals surface area contributed by atoms with E-state index in [-0.39, 0.29) is 6.61 Å². The zero-order valence-corrected chi connectivity index (χ0v) is 14.8. The fourth-order valence-electron chi connectivity index (χ4n) is 2.31. The summed E-state index contributed by atoms with van der Waals surface area (Å²) in [5.41, 5.74) is 1.83. The van der Waals surface area contributed by atoms with Crippen molar-refractivity contribution in [2.24, 2.45) is 0 Å². The molecule has 0 unspecified atom stereocenters. The Morgan fingerprint density at radius 3 is 2.31 bits per heavy atom. The van der Waals surface area contributed by atoms with E-state index in [9.17, 15) is 4.79 Å². The quantitative estimate of drug-likeness (QED) is 0.561. The highest BCUT2D eigenvalue weighted by Crippen LogP contribution is 2.38. The van der Waals surface area contributed by atoms with Crippen LogP contribution in [0.4, 0.5) is 0 Å². The third kappa shape index (κ3) is 4.54. The highest BCUT2D eigenvalue weighted by Gasteiger charge is 2.12. The normalized spacial score (nSPS) is 10.2. The number of ether oxygens (including phenoxy) is 4. The van der Waals surface area contributed by atoms with Crippen LogP contribution >= 0.6 is 0 Å². The zero-order valence-electron chi connectivity index (χ0n) is 14.8. The molecule has 0 heterocycles. The van der Waals surface area contributed by atoms with Gasteiger partial charge in [0.1, 0.15) is 6.61 Å². The average Bonchev–Trinajstić information content (AvgIpc) is 2.69. The number of benzene rings is 2. The van der Waals surface area contributed by atoms with Gasteiger partial charge in [-0.25, -0.2) is 4.79 Å². The van der Waals surface area contributed by atoms with Gasteiger partial charge in [0.15, 0.2) is 11.5 Å². The molecule has 2 rings (SSSR count). The summed E-state index contributed by atoms with van der Waals surface area (Å²) in [4.78, 5) is 11.9. The van der Waals surface area contributed by atoms with Crippen LogP contribution in [0.25, 0.3) is 6.08 Å². The van der Waals surface area contributed by atoms with E-state index in [4.69, 9.17) is 24.2 Å². The van der Waals surface area contributed by atoms with E-state index in [1.165, 1.54) is 27.4 Å². The first kappa shape index (κ1) is 18.9. The van der Waals surface area contributed by atoms with Crippen LogP contribution in [-0.2, 0) is 16.1 Å². The Balaban J connectivity index is 2.09. The van der Waals surface area contributed by atoms with Gasteiger partial charge in [-0.3, -0.25) is 0 Å². The predicted molar refractivity (Wildman–Crippen MR) is 96.1 cm³/mol. The molecular formula is C20H19NO5. The van der Waals surface area contributed by atoms with E-state index < -0.39 is 5.97 Å². The number of esters is 1. The first-order valence-electron chi connectivity index (χ1n) is 7.75. The summed E-state index contributed by atoms with van der Waals surface area (Å²) in [7, 11) is 4.56. The number of carbonyl (C=O) groups excluding carboxylic acids is 1. The van der Waals surface area contributed by atoms with Crippen molar-refractivity contribution in [3.05, 3.63) is 59.2 Å². The van der Waals surface area contributed by atoms with E-state index in [0.29, 0.717) is 33.9 Å². The summed E-state index contributed by atoms with van der Waals surface area (Å²) in [5, 5.41) is 9.04. The van der Waals surface area contributed by atoms with Crippen molar-refractivity contribution in [3.63, 3.8) is 0 Å². The van der Waals surface area contributed by atoms with Gasteiger partial charge in [0, 0.05) is 11.6 Å². The van der Waals surface area contributed by atoms with Crippen LogP contribution < -0.4 is 14.2 Å². The summed E-state index contributed by atoms with van der Waals surface area (Å²) in [6.45, 7) is 0.0299. The van der Waals surface area contributed by atoms with E-state index in [0.717, 1.165) is 0 Å². The summed E-state index contributed by atoms with van der Waals surface area (Å²) >= 11 is 0. The van der Waals surface area contributed by atoms with Crippen molar-refractivity contribution < 1.29 is 23.7 Å². The Hall–Kier alpha value is -3.46. The van der Waals surface area contributed by atoms with Crippen LogP contribution in [-0.4, -0.2) is 27.3 Å². The fraction of sp³-hybridized carbons (Fsp3) is 0.200. The van der Waals surface area contributed by atoms with Gasteiger partial charge in [-0.1, -0.05) is 18.2 Å². The molecule has 0 saturated carbocycles. The number of carbonyl (C=O) groups is 1. The fourth-order valence-corrected chi connectivity index (χ4v) is 2.31. The number of rotatable bonds is 7. The maximum atomic E-state index is 11.9. The van der Waals surface area contributed by atoms with Crippen LogP contribution in [0.5, 0.6) is 17.2 Å². The summed E-state index contributed by atoms with van der Waals surface area (Å²) < 4.78 is 21.0. The molecule has 0 aromatic heterocycles. The number of hydrogen-bond acceptors (Lipinski definition) is 6. The van der Waals surface area contributed by atoms with Gasteiger partial charge >= 0.3 is 5.97 Å². The molecule has 0 aliphatic heterocycles. The van der Waals surface area contributed by atoms with Crippen molar-refractivity contribution in [2.75, 3.05) is 21.3 Å². The SMILES string of the molecule is COc1cc(C=CC(=O)OCc2ccccc2C#N)cc(OC)c1OC. The molecule has 6 heteroatoms. The van der Waals surface area contributed by atoms with Gasteiger partial charge in [0.25, 0.3) is 0 Å². The van der Waals surface area contributed by atoms with Gasteiger partial charge in [0.05, 0.1) is 33.0 Å². The van der Waals surface area contributed by atoms with Gasteiger partial charge in [-0.15, -0.1) is 0 Å². The highest BCUT2D eigenvalue weighted by molar-refractivity contribution is 5.87. The van der Waals surface area contributed by atoms with Crippen molar-refractivity contribution >= 4 is 12.0 Å². The summed E-state index contributed by atoms with van der Waals surface area (Å²) in [6, 6.07) is 12.5. The first-order valence-corrected chi connectivity index (χ1v) is 7.75. The van der Waals surface area contributed by atoms with Gasteiger partial charge in [0.2, 0.25) is 5.75 Å². The molecule has 0 aliphatic carbocycles. The highest BCUT2D eigenvalue weighted by atomic mass is 16.5. The lowest BCUT2D eigenvalue weighted by atomic mass is 10.1. The largest absolute Gasteiger partial charge is 0.493 e. The number of nitrogens with zero attached hydrogens (tertiary/aromatic N) is 1. The molecule has 0 aliphatic rings. The first-order chi connectivity index (χ1) is 12.6. The molecule has 0 saturated heterocycles. The van der Waals surface area contributed by atoms with Crippen LogP contribution in [0.3, 0.4) is 0 Å². The predicted octanol–water partition coefficient (Wildman–Crippen LogP) is 3.34. The van der Waals surface area contributed by atoms with Crippen molar-refractivity contribution in [1.82, 2.24) is 0 Å². The Morgan fingerprint density at radius 2 is 1.73 bits per heavy atom. The van der Waals surface area contributed by atoms with Crippen LogP contribution in [0, 0.1) is 11.3 Å². The minimum absolute atomic E-state index is 0.0299. The van der Waals surface area contributed by atoms with Crippen LogP contribution in [0.15, 0.2) is 42.5 Å². The second kappa shape index (κ2) is 9.14. The van der Waals surface area contributed by atoms with Crippen molar-refractivity contribution in [2.45, 2.75) is 6.61 Å². The van der Waals surface area contributed by atoms with Crippen LogP contribution in [0.2, 0.25) is 0 Å². The van der Waals surface area contributed by atoms with E-state index in [1.54, 1.807) is 42.5 Å². The third-order valence-electron chi connectivity index (χ3n) is 3.61. The Morgan fingerprint density at radius 1 is 1.08 bits per heavy atom. The molecule has 0 fully saturated rings. The van der Waals surface area contributed by atoms with Gasteiger partial charge < -0.3 is 18.9 Å². The Bertz CT molecular complexity index is 827. The third-order valence-corrected chi connectivity index (χ3v) is 3.61. The molecule has 0 spiro atoms. The Labute approximate surface area is 152 Å². The van der Waals surface area contributed by atoms with E-state index in [2.05, 4.69) is 6.07 Å². The minimum atomic E-state index is -0.522. The summed E-state index contributed by atoms with van der Waals surface area (Å²) in [5.74, 6) is 0.931. The van der Waals surface area contributed by atoms with E-state index in [1.807, 2.05) is 0 Å². The van der Waals surface area contributed by atoms with Crippen molar-refractivity contribution in [3.8, 4) is 23.3 Å². The van der Waals surface area contributed by atoms with Crippen molar-refractivity contribution in [1.29, 1.82) is 5.26 Å². The molecule has 134 valence electrons. The average molecular weight is 353 g/mol. The molecule has 2 aromatic rings. The lowest BCUT2D eigenvalue weighted by Crippen LogP contribution is -2.02. The summed E-state index contributed by atoms with van der Waals surface area (Å²) in [6.07, 6.45) is 2.89. The molecule has 0 bridgehead atoms. The van der Waals surface area contributed by atoms with E-state index >= 15 is 0 Å². The maximum Gasteiger partial charge on any atom is 0.331 e. The molecule has 0 N–H and O–H groups in total. The number of hydrogen-bond donors (Lipinski definition) is 0. The molecule has 0 amide bonds.